The SMILES string of the molecule is CCCn1c(C(=O)N(CCOC)CC(=O)O)cc2ccccc21. The predicted molar refractivity (Wildman–Crippen MR) is 87.6 cm³/mol. The van der Waals surface area contributed by atoms with Crippen molar-refractivity contribution in [3.05, 3.63) is 36.0 Å². The summed E-state index contributed by atoms with van der Waals surface area (Å²) < 4.78 is 6.94. The Morgan fingerprint density at radius 1 is 1.30 bits per heavy atom. The molecule has 1 heterocycles. The number of rotatable bonds is 8. The van der Waals surface area contributed by atoms with Crippen molar-refractivity contribution in [3.63, 3.8) is 0 Å². The van der Waals surface area contributed by atoms with Crippen LogP contribution in [0.3, 0.4) is 0 Å². The Kier molecular flexibility index (Phi) is 5.76. The third-order valence-electron chi connectivity index (χ3n) is 3.66. The van der Waals surface area contributed by atoms with Crippen LogP contribution in [0.2, 0.25) is 0 Å². The molecule has 0 aliphatic heterocycles. The van der Waals surface area contributed by atoms with E-state index in [2.05, 4.69) is 0 Å². The summed E-state index contributed by atoms with van der Waals surface area (Å²) in [5.74, 6) is -1.32. The van der Waals surface area contributed by atoms with Crippen molar-refractivity contribution >= 4 is 22.8 Å². The van der Waals surface area contributed by atoms with Gasteiger partial charge in [0.1, 0.15) is 12.2 Å². The molecule has 0 fully saturated rings. The normalized spacial score (nSPS) is 10.9. The Morgan fingerprint density at radius 2 is 2.04 bits per heavy atom. The van der Waals surface area contributed by atoms with Crippen LogP contribution in [0.5, 0.6) is 0 Å². The highest BCUT2D eigenvalue weighted by Gasteiger charge is 2.22. The summed E-state index contributed by atoms with van der Waals surface area (Å²) in [6.07, 6.45) is 0.885. The monoisotopic (exact) mass is 318 g/mol. The van der Waals surface area contributed by atoms with E-state index in [1.54, 1.807) is 0 Å². The standard InChI is InChI=1S/C17H22N2O4/c1-3-8-19-14-7-5-4-6-13(14)11-15(19)17(22)18(9-10-23-2)12-16(20)21/h4-7,11H,3,8-10,12H2,1-2H3,(H,20,21). The van der Waals surface area contributed by atoms with Crippen LogP contribution in [0.4, 0.5) is 0 Å². The average Bonchev–Trinajstić information content (AvgIpc) is 2.90. The quantitative estimate of drug-likeness (QED) is 0.810. The van der Waals surface area contributed by atoms with Crippen molar-refractivity contribution in [1.82, 2.24) is 9.47 Å². The van der Waals surface area contributed by atoms with Gasteiger partial charge in [-0.25, -0.2) is 0 Å². The van der Waals surface area contributed by atoms with Gasteiger partial charge in [-0.2, -0.15) is 0 Å². The van der Waals surface area contributed by atoms with E-state index < -0.39 is 5.97 Å². The highest BCUT2D eigenvalue weighted by atomic mass is 16.5. The number of aryl methyl sites for hydroxylation is 1. The van der Waals surface area contributed by atoms with Crippen LogP contribution in [0.15, 0.2) is 30.3 Å². The van der Waals surface area contributed by atoms with E-state index in [4.69, 9.17) is 9.84 Å². The molecule has 1 amide bonds. The second-order valence-electron chi connectivity index (χ2n) is 5.35. The second-order valence-corrected chi connectivity index (χ2v) is 5.35. The Hall–Kier alpha value is -2.34. The molecule has 0 spiro atoms. The first-order chi connectivity index (χ1) is 11.1. The molecule has 0 saturated heterocycles. The van der Waals surface area contributed by atoms with Crippen molar-refractivity contribution in [2.45, 2.75) is 19.9 Å². The van der Waals surface area contributed by atoms with Gasteiger partial charge in [0.05, 0.1) is 6.61 Å². The lowest BCUT2D eigenvalue weighted by Gasteiger charge is -2.21. The zero-order chi connectivity index (χ0) is 16.8. The first-order valence-corrected chi connectivity index (χ1v) is 7.66. The molecular formula is C17H22N2O4. The Morgan fingerprint density at radius 3 is 2.70 bits per heavy atom. The van der Waals surface area contributed by atoms with Crippen LogP contribution in [0.25, 0.3) is 10.9 Å². The molecule has 6 nitrogen and oxygen atoms in total. The summed E-state index contributed by atoms with van der Waals surface area (Å²) in [7, 11) is 1.53. The summed E-state index contributed by atoms with van der Waals surface area (Å²) in [6.45, 7) is 2.96. The van der Waals surface area contributed by atoms with Gasteiger partial charge in [-0.1, -0.05) is 25.1 Å². The third-order valence-corrected chi connectivity index (χ3v) is 3.66. The van der Waals surface area contributed by atoms with Crippen LogP contribution < -0.4 is 0 Å². The fraction of sp³-hybridized carbons (Fsp3) is 0.412. The number of methoxy groups -OCH3 is 1. The first-order valence-electron chi connectivity index (χ1n) is 7.66. The number of hydrogen-bond acceptors (Lipinski definition) is 3. The van der Waals surface area contributed by atoms with Crippen LogP contribution in [0, 0.1) is 0 Å². The van der Waals surface area contributed by atoms with Gasteiger partial charge in [0.2, 0.25) is 0 Å². The lowest BCUT2D eigenvalue weighted by Crippen LogP contribution is -2.39. The van der Waals surface area contributed by atoms with Gasteiger partial charge >= 0.3 is 5.97 Å². The van der Waals surface area contributed by atoms with Crippen molar-refractivity contribution in [2.75, 3.05) is 26.8 Å². The number of carboxylic acid groups (broad SMARTS) is 1. The third kappa shape index (κ3) is 3.90. The number of para-hydroxylation sites is 1. The van der Waals surface area contributed by atoms with Crippen LogP contribution in [0.1, 0.15) is 23.8 Å². The van der Waals surface area contributed by atoms with E-state index in [0.717, 1.165) is 17.3 Å². The minimum atomic E-state index is -1.03. The van der Waals surface area contributed by atoms with Gasteiger partial charge in [-0.05, 0) is 18.6 Å². The molecule has 1 N–H and O–H groups in total. The molecule has 124 valence electrons. The maximum absolute atomic E-state index is 12.8. The molecule has 1 aromatic heterocycles. The number of benzene rings is 1. The van der Waals surface area contributed by atoms with Crippen LogP contribution in [-0.4, -0.2) is 53.3 Å². The lowest BCUT2D eigenvalue weighted by atomic mass is 10.2. The van der Waals surface area contributed by atoms with Gasteiger partial charge in [-0.3, -0.25) is 9.59 Å². The molecule has 0 saturated carbocycles. The lowest BCUT2D eigenvalue weighted by molar-refractivity contribution is -0.137. The summed E-state index contributed by atoms with van der Waals surface area (Å²) in [5, 5.41) is 10.0. The molecule has 0 bridgehead atoms. The van der Waals surface area contributed by atoms with Gasteiger partial charge < -0.3 is 19.3 Å². The summed E-state index contributed by atoms with van der Waals surface area (Å²) in [6, 6.07) is 9.61. The maximum atomic E-state index is 12.8. The fourth-order valence-electron chi connectivity index (χ4n) is 2.63. The van der Waals surface area contributed by atoms with Crippen molar-refractivity contribution < 1.29 is 19.4 Å². The Balaban J connectivity index is 2.40. The molecule has 2 rings (SSSR count). The minimum absolute atomic E-state index is 0.245. The number of carbonyl (C=O) groups excluding carboxylic acids is 1. The molecule has 0 atom stereocenters. The molecule has 6 heteroatoms. The summed E-state index contributed by atoms with van der Waals surface area (Å²) in [4.78, 5) is 25.2. The molecular weight excluding hydrogens is 296 g/mol. The van der Waals surface area contributed by atoms with E-state index in [-0.39, 0.29) is 19.0 Å². The van der Waals surface area contributed by atoms with E-state index in [1.165, 1.54) is 12.0 Å². The molecule has 2 aromatic rings. The number of aromatic nitrogens is 1. The number of carboxylic acids is 1. The number of carbonyl (C=O) groups is 2. The van der Waals surface area contributed by atoms with E-state index >= 15 is 0 Å². The van der Waals surface area contributed by atoms with E-state index in [1.807, 2.05) is 41.8 Å². The molecule has 0 aliphatic rings. The molecule has 23 heavy (non-hydrogen) atoms. The maximum Gasteiger partial charge on any atom is 0.323 e. The molecule has 1 aromatic carbocycles. The van der Waals surface area contributed by atoms with Gasteiger partial charge in [-0.15, -0.1) is 0 Å². The molecule has 0 aliphatic carbocycles. The largest absolute Gasteiger partial charge is 0.480 e. The fourth-order valence-corrected chi connectivity index (χ4v) is 2.63. The number of aliphatic carboxylic acids is 1. The summed E-state index contributed by atoms with van der Waals surface area (Å²) in [5.41, 5.74) is 1.50. The number of hydrogen-bond donors (Lipinski definition) is 1. The van der Waals surface area contributed by atoms with Crippen LogP contribution >= 0.6 is 0 Å². The van der Waals surface area contributed by atoms with Gasteiger partial charge in [0, 0.05) is 31.1 Å². The first kappa shape index (κ1) is 17.0. The Bertz CT molecular complexity index is 693. The number of nitrogens with zero attached hydrogens (tertiary/aromatic N) is 2. The highest BCUT2D eigenvalue weighted by molar-refractivity contribution is 5.99. The highest BCUT2D eigenvalue weighted by Crippen LogP contribution is 2.21. The predicted octanol–water partition coefficient (Wildman–Crippen LogP) is 2.22. The average molecular weight is 318 g/mol. The zero-order valence-corrected chi connectivity index (χ0v) is 13.5. The zero-order valence-electron chi connectivity index (χ0n) is 13.5. The van der Waals surface area contributed by atoms with Gasteiger partial charge in [0.15, 0.2) is 0 Å². The van der Waals surface area contributed by atoms with Crippen LogP contribution in [-0.2, 0) is 16.1 Å². The summed E-state index contributed by atoms with van der Waals surface area (Å²) >= 11 is 0. The second kappa shape index (κ2) is 7.78. The van der Waals surface area contributed by atoms with Gasteiger partial charge in [0.25, 0.3) is 5.91 Å². The minimum Gasteiger partial charge on any atom is -0.480 e. The van der Waals surface area contributed by atoms with Crippen molar-refractivity contribution in [2.24, 2.45) is 0 Å². The van der Waals surface area contributed by atoms with Crippen molar-refractivity contribution in [3.8, 4) is 0 Å². The van der Waals surface area contributed by atoms with E-state index in [0.29, 0.717) is 18.8 Å². The Labute approximate surface area is 135 Å². The topological polar surface area (TPSA) is 71.8 Å². The number of amides is 1. The number of fused-ring (bicyclic) bond motifs is 1. The molecule has 0 unspecified atom stereocenters. The van der Waals surface area contributed by atoms with Crippen molar-refractivity contribution in [1.29, 1.82) is 0 Å². The van der Waals surface area contributed by atoms with E-state index in [9.17, 15) is 9.59 Å². The number of ether oxygens (including phenoxy) is 1. The molecule has 0 radical (unpaired) electrons. The smallest absolute Gasteiger partial charge is 0.323 e.